The Hall–Kier alpha value is -3.13. The van der Waals surface area contributed by atoms with Crippen molar-refractivity contribution in [3.63, 3.8) is 0 Å². The first-order chi connectivity index (χ1) is 19.2. The molecular weight excluding hydrogens is 506 g/mol. The molecule has 214 valence electrons. The third kappa shape index (κ3) is 4.64. The minimum atomic E-state index is -1.09. The Kier molecular flexibility index (Phi) is 7.01. The Labute approximate surface area is 235 Å². The van der Waals surface area contributed by atoms with Gasteiger partial charge in [0.1, 0.15) is 6.04 Å². The van der Waals surface area contributed by atoms with Crippen molar-refractivity contribution in [1.29, 1.82) is 0 Å². The average Bonchev–Trinajstić information content (AvgIpc) is 3.48. The van der Waals surface area contributed by atoms with Crippen molar-refractivity contribution < 1.29 is 24.6 Å². The zero-order valence-electron chi connectivity index (χ0n) is 23.5. The van der Waals surface area contributed by atoms with E-state index in [2.05, 4.69) is 35.4 Å². The van der Waals surface area contributed by atoms with Crippen LogP contribution in [0.1, 0.15) is 70.8 Å². The third-order valence-electron chi connectivity index (χ3n) is 11.0. The van der Waals surface area contributed by atoms with Crippen molar-refractivity contribution in [2.75, 3.05) is 6.61 Å². The van der Waals surface area contributed by atoms with Gasteiger partial charge in [-0.05, 0) is 97.7 Å². The quantitative estimate of drug-likeness (QED) is 0.364. The van der Waals surface area contributed by atoms with Crippen molar-refractivity contribution in [3.05, 3.63) is 47.7 Å². The van der Waals surface area contributed by atoms with E-state index in [4.69, 9.17) is 4.84 Å². The van der Waals surface area contributed by atoms with Gasteiger partial charge < -0.3 is 25.4 Å². The third-order valence-corrected chi connectivity index (χ3v) is 11.0. The second-order valence-electron chi connectivity index (χ2n) is 13.0. The van der Waals surface area contributed by atoms with Crippen LogP contribution in [0.5, 0.6) is 0 Å². The largest absolute Gasteiger partial charge is 0.480 e. The summed E-state index contributed by atoms with van der Waals surface area (Å²) in [5, 5.41) is 28.2. The van der Waals surface area contributed by atoms with E-state index in [-0.39, 0.29) is 30.0 Å². The number of carbonyl (C=O) groups is 2. The van der Waals surface area contributed by atoms with Crippen LogP contribution in [0, 0.1) is 28.6 Å². The highest BCUT2D eigenvalue weighted by atomic mass is 16.6. The number of carboxylic acid groups (broad SMARTS) is 1. The number of benzene rings is 1. The molecule has 5 unspecified atom stereocenters. The van der Waals surface area contributed by atoms with Crippen molar-refractivity contribution in [1.82, 2.24) is 10.3 Å². The van der Waals surface area contributed by atoms with Crippen LogP contribution in [0.2, 0.25) is 0 Å². The first-order valence-corrected chi connectivity index (χ1v) is 14.8. The monoisotopic (exact) mass is 547 g/mol. The molecule has 4 aliphatic carbocycles. The van der Waals surface area contributed by atoms with E-state index in [0.717, 1.165) is 60.7 Å². The van der Waals surface area contributed by atoms with E-state index in [9.17, 15) is 19.8 Å². The molecule has 40 heavy (non-hydrogen) atoms. The zero-order valence-corrected chi connectivity index (χ0v) is 23.5. The molecule has 4 aliphatic rings. The number of aliphatic carboxylic acids is 1. The summed E-state index contributed by atoms with van der Waals surface area (Å²) in [6.45, 7) is 4.42. The number of aliphatic hydroxyl groups excluding tert-OH is 1. The van der Waals surface area contributed by atoms with Crippen LogP contribution in [-0.4, -0.2) is 51.5 Å². The zero-order chi connectivity index (χ0) is 28.1. The number of fused-ring (bicyclic) bond motifs is 6. The highest BCUT2D eigenvalue weighted by molar-refractivity contribution is 5.96. The number of carboxylic acids is 1. The highest BCUT2D eigenvalue weighted by Gasteiger charge is 2.58. The molecule has 0 saturated heterocycles. The fraction of sp³-hybridized carbons (Fsp3) is 0.594. The predicted molar refractivity (Wildman–Crippen MR) is 153 cm³/mol. The van der Waals surface area contributed by atoms with Crippen LogP contribution >= 0.6 is 0 Å². The number of aliphatic hydroxyl groups is 1. The van der Waals surface area contributed by atoms with E-state index in [1.165, 1.54) is 18.4 Å². The van der Waals surface area contributed by atoms with Gasteiger partial charge in [0.05, 0.1) is 11.8 Å². The van der Waals surface area contributed by atoms with Gasteiger partial charge in [0.2, 0.25) is 0 Å². The number of carbonyl (C=O) groups excluding carboxylic acids is 1. The number of nitrogens with zero attached hydrogens (tertiary/aromatic N) is 1. The summed E-state index contributed by atoms with van der Waals surface area (Å²) in [6, 6.07) is 6.62. The summed E-state index contributed by atoms with van der Waals surface area (Å²) in [4.78, 5) is 33.0. The number of allylic oxidation sites excluding steroid dienone is 2. The Balaban J connectivity index is 1.06. The average molecular weight is 548 g/mol. The predicted octanol–water partition coefficient (Wildman–Crippen LogP) is 4.98. The number of hydrogen-bond donors (Lipinski definition) is 4. The maximum Gasteiger partial charge on any atom is 0.326 e. The number of aromatic amines is 1. The Morgan fingerprint density at radius 1 is 1.12 bits per heavy atom. The molecule has 3 fully saturated rings. The molecule has 4 N–H and O–H groups in total. The fourth-order valence-electron chi connectivity index (χ4n) is 8.75. The van der Waals surface area contributed by atoms with Crippen LogP contribution in [0.3, 0.4) is 0 Å². The van der Waals surface area contributed by atoms with Gasteiger partial charge in [-0.15, -0.1) is 0 Å². The second kappa shape index (κ2) is 10.4. The number of aromatic nitrogens is 1. The Morgan fingerprint density at radius 3 is 2.77 bits per heavy atom. The van der Waals surface area contributed by atoms with E-state index >= 15 is 0 Å². The summed E-state index contributed by atoms with van der Waals surface area (Å²) in [5.74, 6) is 0.362. The number of hydrogen-bond acceptors (Lipinski definition) is 5. The second-order valence-corrected chi connectivity index (χ2v) is 13.0. The molecule has 3 saturated carbocycles. The van der Waals surface area contributed by atoms with Gasteiger partial charge in [0.25, 0.3) is 5.91 Å². The summed E-state index contributed by atoms with van der Waals surface area (Å²) in [7, 11) is 0. The van der Waals surface area contributed by atoms with Crippen molar-refractivity contribution in [2.24, 2.45) is 33.7 Å². The normalized spacial score (nSPS) is 34.9. The number of oxime groups is 1. The molecule has 1 heterocycles. The maximum atomic E-state index is 12.6. The van der Waals surface area contributed by atoms with Crippen LogP contribution in [0.4, 0.5) is 0 Å². The summed E-state index contributed by atoms with van der Waals surface area (Å²) < 4.78 is 0. The SMILES string of the molecule is C[C@]12CCC3C(CCC4=CC(=NOCC(=O)NC(Cc5c[nH]c6ccccc56)C(=O)O)CC[C@@]43C)C1CCC2O. The molecule has 1 aromatic heterocycles. The van der Waals surface area contributed by atoms with Gasteiger partial charge in [0, 0.05) is 23.5 Å². The van der Waals surface area contributed by atoms with Crippen LogP contribution < -0.4 is 5.32 Å². The van der Waals surface area contributed by atoms with Crippen molar-refractivity contribution in [2.45, 2.75) is 83.8 Å². The van der Waals surface area contributed by atoms with Crippen molar-refractivity contribution in [3.8, 4) is 0 Å². The molecule has 1 aromatic carbocycles. The van der Waals surface area contributed by atoms with Crippen LogP contribution in [0.15, 0.2) is 47.3 Å². The first kappa shape index (κ1) is 27.1. The van der Waals surface area contributed by atoms with Gasteiger partial charge in [-0.2, -0.15) is 0 Å². The molecule has 0 radical (unpaired) electrons. The molecule has 7 atom stereocenters. The molecule has 8 heteroatoms. The van der Waals surface area contributed by atoms with E-state index in [1.807, 2.05) is 24.3 Å². The molecule has 1 amide bonds. The van der Waals surface area contributed by atoms with Gasteiger partial charge in [-0.3, -0.25) is 4.79 Å². The highest BCUT2D eigenvalue weighted by Crippen LogP contribution is 2.65. The van der Waals surface area contributed by atoms with Crippen LogP contribution in [-0.2, 0) is 20.8 Å². The van der Waals surface area contributed by atoms with Gasteiger partial charge >= 0.3 is 5.97 Å². The number of H-pyrrole nitrogens is 1. The van der Waals surface area contributed by atoms with Crippen molar-refractivity contribution >= 4 is 28.5 Å². The lowest BCUT2D eigenvalue weighted by Crippen LogP contribution is -2.51. The molecule has 0 spiro atoms. The number of amides is 1. The molecular formula is C32H41N3O5. The number of para-hydroxylation sites is 1. The maximum absolute atomic E-state index is 12.6. The smallest absolute Gasteiger partial charge is 0.326 e. The Morgan fingerprint density at radius 2 is 1.95 bits per heavy atom. The lowest BCUT2D eigenvalue weighted by atomic mass is 9.47. The molecule has 2 aromatic rings. The molecule has 6 rings (SSSR count). The lowest BCUT2D eigenvalue weighted by Gasteiger charge is -2.57. The minimum absolute atomic E-state index is 0.0868. The summed E-state index contributed by atoms with van der Waals surface area (Å²) >= 11 is 0. The minimum Gasteiger partial charge on any atom is -0.480 e. The summed E-state index contributed by atoms with van der Waals surface area (Å²) in [5.41, 5.74) is 4.30. The fourth-order valence-corrected chi connectivity index (χ4v) is 8.75. The molecule has 0 bridgehead atoms. The summed E-state index contributed by atoms with van der Waals surface area (Å²) in [6.07, 6.45) is 12.4. The number of rotatable bonds is 7. The topological polar surface area (TPSA) is 124 Å². The van der Waals surface area contributed by atoms with E-state index < -0.39 is 17.9 Å². The lowest BCUT2D eigenvalue weighted by molar-refractivity contribution is -0.142. The van der Waals surface area contributed by atoms with Gasteiger partial charge in [-0.1, -0.05) is 42.8 Å². The first-order valence-electron chi connectivity index (χ1n) is 14.8. The van der Waals surface area contributed by atoms with E-state index in [0.29, 0.717) is 17.8 Å². The number of nitrogens with one attached hydrogen (secondary N) is 2. The molecule has 0 aliphatic heterocycles. The standard InChI is InChI=1S/C32H41N3O5/c1-31-13-11-21(16-20(31)7-8-23-24-9-10-28(36)32(24,2)14-12-25(23)31)35-40-18-29(37)34-27(30(38)39)15-19-17-33-26-6-4-3-5-22(19)26/h3-6,16-17,23-25,27-28,33,36H,7-15,18H2,1-2H3,(H,34,37)(H,38,39)/t23?,24?,25?,27?,28?,31-,32-/m0/s1. The van der Waals surface area contributed by atoms with Crippen LogP contribution in [0.25, 0.3) is 10.9 Å². The molecule has 8 nitrogen and oxygen atoms in total. The van der Waals surface area contributed by atoms with Gasteiger partial charge in [-0.25, -0.2) is 4.79 Å². The van der Waals surface area contributed by atoms with E-state index in [1.54, 1.807) is 6.20 Å². The Bertz CT molecular complexity index is 1360. The van der Waals surface area contributed by atoms with Gasteiger partial charge in [0.15, 0.2) is 6.61 Å².